The third kappa shape index (κ3) is 3.53. The number of halogens is 2. The summed E-state index contributed by atoms with van der Waals surface area (Å²) in [5, 5.41) is 2.79. The van der Waals surface area contributed by atoms with Crippen LogP contribution in [0.25, 0.3) is 0 Å². The van der Waals surface area contributed by atoms with Gasteiger partial charge in [-0.25, -0.2) is 0 Å². The first-order chi connectivity index (χ1) is 11.6. The molecule has 132 valence electrons. The second-order valence-corrected chi connectivity index (χ2v) is 5.94. The molecule has 0 radical (unpaired) electrons. The van der Waals surface area contributed by atoms with Gasteiger partial charge in [0.1, 0.15) is 5.75 Å². The van der Waals surface area contributed by atoms with Gasteiger partial charge in [-0.05, 0) is 31.4 Å². The van der Waals surface area contributed by atoms with Crippen molar-refractivity contribution >= 4 is 5.91 Å². The SMILES string of the molecule is NC[C@H]1CCC[C@H]1C(=O)NCc1cc2c(cc1OC(F)F)OCO2. The van der Waals surface area contributed by atoms with E-state index in [2.05, 4.69) is 10.1 Å². The molecule has 1 heterocycles. The Morgan fingerprint density at radius 2 is 2.08 bits per heavy atom. The van der Waals surface area contributed by atoms with Crippen LogP contribution >= 0.6 is 0 Å². The zero-order valence-corrected chi connectivity index (χ0v) is 13.1. The van der Waals surface area contributed by atoms with Crippen LogP contribution in [-0.2, 0) is 11.3 Å². The number of rotatable bonds is 6. The summed E-state index contributed by atoms with van der Waals surface area (Å²) in [6, 6.07) is 2.91. The molecule has 2 aliphatic rings. The number of nitrogens with one attached hydrogen (secondary N) is 1. The van der Waals surface area contributed by atoms with Crippen molar-refractivity contribution in [1.82, 2.24) is 5.32 Å². The maximum atomic E-state index is 12.6. The van der Waals surface area contributed by atoms with E-state index in [1.807, 2.05) is 0 Å². The predicted octanol–water partition coefficient (Wildman–Crippen LogP) is 2.01. The second kappa shape index (κ2) is 7.21. The Morgan fingerprint density at radius 3 is 2.79 bits per heavy atom. The molecule has 1 amide bonds. The van der Waals surface area contributed by atoms with Crippen LogP contribution in [0.5, 0.6) is 17.2 Å². The van der Waals surface area contributed by atoms with Gasteiger partial charge in [-0.2, -0.15) is 8.78 Å². The molecule has 3 N–H and O–H groups in total. The highest BCUT2D eigenvalue weighted by Crippen LogP contribution is 2.39. The first kappa shape index (κ1) is 16.8. The standard InChI is InChI=1S/C16H20F2N2O4/c17-16(18)24-12-5-14-13(22-8-23-14)4-10(12)7-20-15(21)11-3-1-2-9(11)6-19/h4-5,9,11,16H,1-3,6-8,19H2,(H,20,21)/t9-,11-/m1/s1. The number of carbonyl (C=O) groups is 1. The molecule has 0 unspecified atom stereocenters. The third-order valence-electron chi connectivity index (χ3n) is 4.52. The minimum atomic E-state index is -2.96. The van der Waals surface area contributed by atoms with Crippen LogP contribution in [0.3, 0.4) is 0 Å². The van der Waals surface area contributed by atoms with Crippen LogP contribution in [0.4, 0.5) is 8.78 Å². The Kier molecular flexibility index (Phi) is 5.03. The Labute approximate surface area is 138 Å². The van der Waals surface area contributed by atoms with E-state index >= 15 is 0 Å². The van der Waals surface area contributed by atoms with E-state index in [0.717, 1.165) is 19.3 Å². The average Bonchev–Trinajstić information content (AvgIpc) is 3.19. The maximum Gasteiger partial charge on any atom is 0.387 e. The number of hydrogen-bond donors (Lipinski definition) is 2. The number of nitrogens with two attached hydrogens (primary N) is 1. The number of fused-ring (bicyclic) bond motifs is 1. The number of benzene rings is 1. The highest BCUT2D eigenvalue weighted by Gasteiger charge is 2.32. The van der Waals surface area contributed by atoms with Gasteiger partial charge in [-0.15, -0.1) is 0 Å². The number of carbonyl (C=O) groups excluding carboxylic acids is 1. The van der Waals surface area contributed by atoms with E-state index in [1.54, 1.807) is 6.07 Å². The Bertz CT molecular complexity index is 612. The highest BCUT2D eigenvalue weighted by molar-refractivity contribution is 5.79. The third-order valence-corrected chi connectivity index (χ3v) is 4.52. The van der Waals surface area contributed by atoms with Crippen molar-refractivity contribution in [3.8, 4) is 17.2 Å². The zero-order chi connectivity index (χ0) is 17.1. The van der Waals surface area contributed by atoms with Gasteiger partial charge in [0, 0.05) is 24.1 Å². The van der Waals surface area contributed by atoms with E-state index in [9.17, 15) is 13.6 Å². The number of amides is 1. The minimum absolute atomic E-state index is 0.0273. The summed E-state index contributed by atoms with van der Waals surface area (Å²) in [7, 11) is 0. The molecule has 0 saturated heterocycles. The monoisotopic (exact) mass is 342 g/mol. The van der Waals surface area contributed by atoms with Crippen LogP contribution in [0.15, 0.2) is 12.1 Å². The highest BCUT2D eigenvalue weighted by atomic mass is 19.3. The van der Waals surface area contributed by atoms with Crippen LogP contribution in [-0.4, -0.2) is 25.9 Å². The molecule has 1 aliphatic carbocycles. The van der Waals surface area contributed by atoms with Crippen LogP contribution in [0, 0.1) is 11.8 Å². The summed E-state index contributed by atoms with van der Waals surface area (Å²) in [4.78, 5) is 12.3. The lowest BCUT2D eigenvalue weighted by Gasteiger charge is -2.18. The molecule has 6 nitrogen and oxygen atoms in total. The molecule has 1 aromatic rings. The summed E-state index contributed by atoms with van der Waals surface area (Å²) in [5.74, 6) is 0.711. The molecule has 0 bridgehead atoms. The number of hydrogen-bond acceptors (Lipinski definition) is 5. The first-order valence-electron chi connectivity index (χ1n) is 7.93. The summed E-state index contributed by atoms with van der Waals surface area (Å²) in [5.41, 5.74) is 6.11. The van der Waals surface area contributed by atoms with Crippen molar-refractivity contribution in [2.45, 2.75) is 32.4 Å². The van der Waals surface area contributed by atoms with E-state index in [1.165, 1.54) is 6.07 Å². The Hall–Kier alpha value is -2.09. The fraction of sp³-hybridized carbons (Fsp3) is 0.562. The van der Waals surface area contributed by atoms with Crippen molar-refractivity contribution in [2.75, 3.05) is 13.3 Å². The van der Waals surface area contributed by atoms with E-state index in [-0.39, 0.29) is 36.8 Å². The summed E-state index contributed by atoms with van der Waals surface area (Å²) >= 11 is 0. The van der Waals surface area contributed by atoms with Crippen molar-refractivity contribution in [3.63, 3.8) is 0 Å². The molecule has 24 heavy (non-hydrogen) atoms. The molecular weight excluding hydrogens is 322 g/mol. The van der Waals surface area contributed by atoms with Crippen molar-refractivity contribution in [2.24, 2.45) is 17.6 Å². The summed E-state index contributed by atoms with van der Waals surface area (Å²) in [6.07, 6.45) is 2.72. The van der Waals surface area contributed by atoms with Crippen molar-refractivity contribution in [1.29, 1.82) is 0 Å². The Balaban J connectivity index is 1.70. The molecule has 1 aliphatic heterocycles. The van der Waals surface area contributed by atoms with Crippen LogP contribution in [0.1, 0.15) is 24.8 Å². The molecule has 1 aromatic carbocycles. The van der Waals surface area contributed by atoms with Gasteiger partial charge in [0.05, 0.1) is 0 Å². The van der Waals surface area contributed by atoms with E-state index in [0.29, 0.717) is 23.6 Å². The lowest BCUT2D eigenvalue weighted by molar-refractivity contribution is -0.126. The molecule has 3 rings (SSSR count). The van der Waals surface area contributed by atoms with Gasteiger partial charge in [-0.1, -0.05) is 6.42 Å². The van der Waals surface area contributed by atoms with Crippen molar-refractivity contribution < 1.29 is 27.8 Å². The first-order valence-corrected chi connectivity index (χ1v) is 7.93. The molecular formula is C16H20F2N2O4. The van der Waals surface area contributed by atoms with Gasteiger partial charge >= 0.3 is 6.61 Å². The smallest absolute Gasteiger partial charge is 0.387 e. The molecule has 1 fully saturated rings. The quantitative estimate of drug-likeness (QED) is 0.826. The molecule has 0 aromatic heterocycles. The van der Waals surface area contributed by atoms with Gasteiger partial charge in [0.25, 0.3) is 0 Å². The van der Waals surface area contributed by atoms with Gasteiger partial charge in [0.2, 0.25) is 12.7 Å². The Morgan fingerprint density at radius 1 is 1.33 bits per heavy atom. The zero-order valence-electron chi connectivity index (χ0n) is 13.1. The van der Waals surface area contributed by atoms with E-state index < -0.39 is 6.61 Å². The van der Waals surface area contributed by atoms with Crippen LogP contribution in [0.2, 0.25) is 0 Å². The predicted molar refractivity (Wildman–Crippen MR) is 80.9 cm³/mol. The molecule has 1 saturated carbocycles. The van der Waals surface area contributed by atoms with Crippen LogP contribution < -0.4 is 25.3 Å². The van der Waals surface area contributed by atoms with Gasteiger partial charge in [-0.3, -0.25) is 4.79 Å². The molecule has 8 heteroatoms. The van der Waals surface area contributed by atoms with Crippen molar-refractivity contribution in [3.05, 3.63) is 17.7 Å². The van der Waals surface area contributed by atoms with Gasteiger partial charge < -0.3 is 25.3 Å². The molecule has 2 atom stereocenters. The fourth-order valence-electron chi connectivity index (χ4n) is 3.29. The second-order valence-electron chi connectivity index (χ2n) is 5.94. The minimum Gasteiger partial charge on any atom is -0.454 e. The fourth-order valence-corrected chi connectivity index (χ4v) is 3.29. The number of ether oxygens (including phenoxy) is 3. The van der Waals surface area contributed by atoms with E-state index in [4.69, 9.17) is 15.2 Å². The summed E-state index contributed by atoms with van der Waals surface area (Å²) in [6.45, 7) is -2.39. The number of alkyl halides is 2. The van der Waals surface area contributed by atoms with Gasteiger partial charge in [0.15, 0.2) is 11.5 Å². The molecule has 0 spiro atoms. The lowest BCUT2D eigenvalue weighted by Crippen LogP contribution is -2.34. The average molecular weight is 342 g/mol. The lowest BCUT2D eigenvalue weighted by atomic mass is 9.95. The normalized spacial score (nSPS) is 22.0. The largest absolute Gasteiger partial charge is 0.454 e. The topological polar surface area (TPSA) is 82.8 Å². The summed E-state index contributed by atoms with van der Waals surface area (Å²) < 4.78 is 40.1. The maximum absolute atomic E-state index is 12.6.